The van der Waals surface area contributed by atoms with Crippen molar-refractivity contribution in [1.82, 2.24) is 29.6 Å². The first-order chi connectivity index (χ1) is 14.0. The lowest BCUT2D eigenvalue weighted by atomic mass is 10.1. The minimum absolute atomic E-state index is 0.0770. The number of carbonyl (C=O) groups excluding carboxylic acids is 1. The zero-order valence-corrected chi connectivity index (χ0v) is 17.3. The van der Waals surface area contributed by atoms with Crippen LogP contribution in [0.15, 0.2) is 24.3 Å². The number of carbonyl (C=O) groups is 1. The summed E-state index contributed by atoms with van der Waals surface area (Å²) in [6.07, 6.45) is 0. The fourth-order valence-electron chi connectivity index (χ4n) is 3.82. The number of fused-ring (bicyclic) bond motifs is 1. The van der Waals surface area contributed by atoms with Crippen molar-refractivity contribution in [2.45, 2.75) is 20.8 Å². The first-order valence-corrected chi connectivity index (χ1v) is 9.92. The maximum atomic E-state index is 13.0. The van der Waals surface area contributed by atoms with Crippen LogP contribution in [0, 0.1) is 13.8 Å². The fourth-order valence-corrected chi connectivity index (χ4v) is 3.82. The standard InChI is InChI=1S/C21H26N6O2/c1-5-25-10-12-26(13-11-25)21(28)19-15(3)27-20(23-22-19)18(14(2)24-27)16-6-8-17(29-4)9-7-16/h6-9H,5,10-13H2,1-4H3. The molecule has 0 atom stereocenters. The van der Waals surface area contributed by atoms with E-state index >= 15 is 0 Å². The van der Waals surface area contributed by atoms with E-state index < -0.39 is 0 Å². The van der Waals surface area contributed by atoms with Gasteiger partial charge in [-0.2, -0.15) is 5.10 Å². The number of piperazine rings is 1. The number of hydrogen-bond donors (Lipinski definition) is 0. The highest BCUT2D eigenvalue weighted by atomic mass is 16.5. The van der Waals surface area contributed by atoms with Gasteiger partial charge in [0.05, 0.1) is 24.1 Å². The second-order valence-corrected chi connectivity index (χ2v) is 7.28. The molecule has 2 aromatic heterocycles. The first kappa shape index (κ1) is 19.3. The number of amides is 1. The molecule has 1 amide bonds. The zero-order valence-electron chi connectivity index (χ0n) is 17.3. The molecule has 152 valence electrons. The molecule has 0 saturated carbocycles. The SMILES string of the molecule is CCN1CCN(C(=O)c2nnc3c(-c4ccc(OC)cc4)c(C)nn3c2C)CC1. The van der Waals surface area contributed by atoms with Crippen molar-refractivity contribution in [2.75, 3.05) is 39.8 Å². The van der Waals surface area contributed by atoms with Gasteiger partial charge in [-0.15, -0.1) is 10.2 Å². The molecular formula is C21H26N6O2. The van der Waals surface area contributed by atoms with Gasteiger partial charge in [-0.05, 0) is 38.1 Å². The summed E-state index contributed by atoms with van der Waals surface area (Å²) in [5.41, 5.74) is 4.47. The summed E-state index contributed by atoms with van der Waals surface area (Å²) in [5, 5.41) is 13.4. The van der Waals surface area contributed by atoms with Gasteiger partial charge >= 0.3 is 0 Å². The maximum Gasteiger partial charge on any atom is 0.276 e. The Labute approximate surface area is 170 Å². The molecule has 4 rings (SSSR count). The quantitative estimate of drug-likeness (QED) is 0.675. The van der Waals surface area contributed by atoms with Gasteiger partial charge in [0.2, 0.25) is 0 Å². The Morgan fingerprint density at radius 3 is 2.38 bits per heavy atom. The number of likely N-dealkylation sites (N-methyl/N-ethyl adjacent to an activating group) is 1. The van der Waals surface area contributed by atoms with Crippen LogP contribution < -0.4 is 4.74 Å². The largest absolute Gasteiger partial charge is 0.497 e. The Balaban J connectivity index is 1.69. The normalized spacial score (nSPS) is 15.1. The monoisotopic (exact) mass is 394 g/mol. The number of methoxy groups -OCH3 is 1. The Hall–Kier alpha value is -3.00. The van der Waals surface area contributed by atoms with Crippen molar-refractivity contribution in [3.05, 3.63) is 41.3 Å². The minimum atomic E-state index is -0.0770. The molecule has 0 N–H and O–H groups in total. The molecular weight excluding hydrogens is 368 g/mol. The molecule has 3 aromatic rings. The van der Waals surface area contributed by atoms with Gasteiger partial charge in [0.25, 0.3) is 5.91 Å². The van der Waals surface area contributed by atoms with Crippen LogP contribution in [-0.4, -0.2) is 75.4 Å². The molecule has 0 spiro atoms. The molecule has 1 aliphatic heterocycles. The molecule has 1 fully saturated rings. The summed E-state index contributed by atoms with van der Waals surface area (Å²) in [7, 11) is 1.64. The highest BCUT2D eigenvalue weighted by molar-refractivity contribution is 5.93. The predicted octanol–water partition coefficient (Wildman–Crippen LogP) is 2.19. The number of benzene rings is 1. The van der Waals surface area contributed by atoms with Crippen LogP contribution in [0.5, 0.6) is 5.75 Å². The van der Waals surface area contributed by atoms with E-state index in [0.29, 0.717) is 30.1 Å². The Kier molecular flexibility index (Phi) is 5.19. The van der Waals surface area contributed by atoms with Gasteiger partial charge in [0.15, 0.2) is 11.3 Å². The number of aromatic nitrogens is 4. The van der Waals surface area contributed by atoms with E-state index in [4.69, 9.17) is 4.74 Å². The Bertz CT molecular complexity index is 1040. The first-order valence-electron chi connectivity index (χ1n) is 9.92. The lowest BCUT2D eigenvalue weighted by Gasteiger charge is -2.33. The molecule has 0 bridgehead atoms. The second-order valence-electron chi connectivity index (χ2n) is 7.28. The average molecular weight is 394 g/mol. The Morgan fingerprint density at radius 2 is 1.76 bits per heavy atom. The number of nitrogens with zero attached hydrogens (tertiary/aromatic N) is 6. The summed E-state index contributed by atoms with van der Waals surface area (Å²) >= 11 is 0. The summed E-state index contributed by atoms with van der Waals surface area (Å²) in [4.78, 5) is 17.2. The molecule has 1 aliphatic rings. The van der Waals surface area contributed by atoms with Crippen molar-refractivity contribution < 1.29 is 9.53 Å². The lowest BCUT2D eigenvalue weighted by molar-refractivity contribution is 0.0634. The van der Waals surface area contributed by atoms with Crippen LogP contribution in [-0.2, 0) is 0 Å². The van der Waals surface area contributed by atoms with Gasteiger partial charge in [-0.25, -0.2) is 4.52 Å². The number of hydrogen-bond acceptors (Lipinski definition) is 6. The third-order valence-electron chi connectivity index (χ3n) is 5.63. The Morgan fingerprint density at radius 1 is 1.07 bits per heavy atom. The van der Waals surface area contributed by atoms with E-state index in [0.717, 1.165) is 42.2 Å². The van der Waals surface area contributed by atoms with Gasteiger partial charge in [-0.1, -0.05) is 19.1 Å². The summed E-state index contributed by atoms with van der Waals surface area (Å²) in [5.74, 6) is 0.716. The molecule has 0 aliphatic carbocycles. The molecule has 1 saturated heterocycles. The highest BCUT2D eigenvalue weighted by Crippen LogP contribution is 2.29. The smallest absolute Gasteiger partial charge is 0.276 e. The van der Waals surface area contributed by atoms with Crippen LogP contribution in [0.3, 0.4) is 0 Å². The molecule has 0 unspecified atom stereocenters. The van der Waals surface area contributed by atoms with Gasteiger partial charge in [0.1, 0.15) is 5.75 Å². The lowest BCUT2D eigenvalue weighted by Crippen LogP contribution is -2.48. The van der Waals surface area contributed by atoms with Crippen molar-refractivity contribution in [1.29, 1.82) is 0 Å². The molecule has 3 heterocycles. The maximum absolute atomic E-state index is 13.0. The molecule has 0 radical (unpaired) electrons. The van der Waals surface area contributed by atoms with E-state index in [1.165, 1.54) is 0 Å². The fraction of sp³-hybridized carbons (Fsp3) is 0.429. The van der Waals surface area contributed by atoms with Crippen molar-refractivity contribution in [3.8, 4) is 16.9 Å². The molecule has 8 nitrogen and oxygen atoms in total. The zero-order chi connectivity index (χ0) is 20.5. The summed E-state index contributed by atoms with van der Waals surface area (Å²) in [6, 6.07) is 7.77. The van der Waals surface area contributed by atoms with E-state index in [9.17, 15) is 4.79 Å². The van der Waals surface area contributed by atoms with Crippen molar-refractivity contribution >= 4 is 11.6 Å². The molecule has 1 aromatic carbocycles. The summed E-state index contributed by atoms with van der Waals surface area (Å²) < 4.78 is 6.98. The van der Waals surface area contributed by atoms with Crippen LogP contribution >= 0.6 is 0 Å². The van der Waals surface area contributed by atoms with E-state index in [2.05, 4.69) is 27.1 Å². The number of ether oxygens (including phenoxy) is 1. The molecule has 8 heteroatoms. The second kappa shape index (κ2) is 7.79. The van der Waals surface area contributed by atoms with Gasteiger partial charge in [0, 0.05) is 26.2 Å². The molecule has 29 heavy (non-hydrogen) atoms. The van der Waals surface area contributed by atoms with Crippen LogP contribution in [0.4, 0.5) is 0 Å². The van der Waals surface area contributed by atoms with E-state index in [1.807, 2.05) is 43.0 Å². The average Bonchev–Trinajstić information content (AvgIpc) is 3.10. The topological polar surface area (TPSA) is 75.9 Å². The summed E-state index contributed by atoms with van der Waals surface area (Å²) in [6.45, 7) is 10.2. The minimum Gasteiger partial charge on any atom is -0.497 e. The van der Waals surface area contributed by atoms with Gasteiger partial charge < -0.3 is 14.5 Å². The third-order valence-corrected chi connectivity index (χ3v) is 5.63. The van der Waals surface area contributed by atoms with Gasteiger partial charge in [-0.3, -0.25) is 4.79 Å². The van der Waals surface area contributed by atoms with Crippen molar-refractivity contribution in [2.24, 2.45) is 0 Å². The number of aryl methyl sites for hydroxylation is 2. The third kappa shape index (κ3) is 3.44. The highest BCUT2D eigenvalue weighted by Gasteiger charge is 2.26. The van der Waals surface area contributed by atoms with Crippen LogP contribution in [0.1, 0.15) is 28.8 Å². The van der Waals surface area contributed by atoms with Crippen molar-refractivity contribution in [3.63, 3.8) is 0 Å². The van der Waals surface area contributed by atoms with E-state index in [1.54, 1.807) is 11.6 Å². The predicted molar refractivity (Wildman–Crippen MR) is 110 cm³/mol. The number of rotatable bonds is 4. The van der Waals surface area contributed by atoms with Crippen LogP contribution in [0.2, 0.25) is 0 Å². The van der Waals surface area contributed by atoms with E-state index in [-0.39, 0.29) is 5.91 Å². The van der Waals surface area contributed by atoms with Crippen LogP contribution in [0.25, 0.3) is 16.8 Å².